The molecule has 0 aliphatic rings. The van der Waals surface area contributed by atoms with E-state index in [0.29, 0.717) is 23.8 Å². The zero-order valence-electron chi connectivity index (χ0n) is 14.0. The molecule has 5 heteroatoms. The number of hydrogen-bond acceptors (Lipinski definition) is 5. The molecule has 0 heterocycles. The summed E-state index contributed by atoms with van der Waals surface area (Å²) in [5.41, 5.74) is 2.97. The Labute approximate surface area is 141 Å². The second kappa shape index (κ2) is 8.62. The summed E-state index contributed by atoms with van der Waals surface area (Å²) in [6.07, 6.45) is 4.01. The smallest absolute Gasteiger partial charge is 0.203 e. The van der Waals surface area contributed by atoms with Crippen molar-refractivity contribution < 1.29 is 19.0 Å². The Balaban J connectivity index is 2.11. The van der Waals surface area contributed by atoms with Gasteiger partial charge in [-0.15, -0.1) is 0 Å². The summed E-state index contributed by atoms with van der Waals surface area (Å²) in [4.78, 5) is 10.3. The fraction of sp³-hybridized carbons (Fsp3) is 0.211. The summed E-state index contributed by atoms with van der Waals surface area (Å²) in [6.45, 7) is 0.649. The molecular formula is C19H21NO4. The first kappa shape index (κ1) is 17.4. The van der Waals surface area contributed by atoms with E-state index >= 15 is 0 Å². The lowest BCUT2D eigenvalue weighted by Crippen LogP contribution is -2.02. The minimum Gasteiger partial charge on any atom is -0.493 e. The molecule has 126 valence electrons. The SMILES string of the molecule is COc1cc(NCc2ccc(/C=C/C=O)cc2)cc(OC)c1OC. The van der Waals surface area contributed by atoms with E-state index in [-0.39, 0.29) is 0 Å². The van der Waals surface area contributed by atoms with Gasteiger partial charge >= 0.3 is 0 Å². The molecule has 0 aliphatic carbocycles. The molecule has 0 aliphatic heterocycles. The number of ether oxygens (including phenoxy) is 3. The largest absolute Gasteiger partial charge is 0.493 e. The molecule has 0 saturated heterocycles. The molecule has 2 aromatic carbocycles. The van der Waals surface area contributed by atoms with Gasteiger partial charge in [0.05, 0.1) is 21.3 Å². The van der Waals surface area contributed by atoms with Gasteiger partial charge in [-0.3, -0.25) is 4.79 Å². The predicted molar refractivity (Wildman–Crippen MR) is 95.0 cm³/mol. The van der Waals surface area contributed by atoms with Crippen molar-refractivity contribution in [1.82, 2.24) is 0 Å². The van der Waals surface area contributed by atoms with E-state index in [2.05, 4.69) is 5.32 Å². The van der Waals surface area contributed by atoms with E-state index in [4.69, 9.17) is 14.2 Å². The van der Waals surface area contributed by atoms with Gasteiger partial charge in [-0.25, -0.2) is 0 Å². The Morgan fingerprint density at radius 1 is 0.958 bits per heavy atom. The van der Waals surface area contributed by atoms with Crippen LogP contribution in [0.1, 0.15) is 11.1 Å². The number of nitrogens with one attached hydrogen (secondary N) is 1. The van der Waals surface area contributed by atoms with Crippen molar-refractivity contribution >= 4 is 18.0 Å². The summed E-state index contributed by atoms with van der Waals surface area (Å²) in [5, 5.41) is 3.33. The van der Waals surface area contributed by atoms with Gasteiger partial charge in [0.15, 0.2) is 11.5 Å². The topological polar surface area (TPSA) is 56.8 Å². The summed E-state index contributed by atoms with van der Waals surface area (Å²) in [6, 6.07) is 11.7. The third kappa shape index (κ3) is 4.29. The van der Waals surface area contributed by atoms with Crippen LogP contribution in [0.25, 0.3) is 6.08 Å². The fourth-order valence-corrected chi connectivity index (χ4v) is 2.28. The quantitative estimate of drug-likeness (QED) is 0.594. The van der Waals surface area contributed by atoms with E-state index in [1.165, 1.54) is 6.08 Å². The molecule has 0 atom stereocenters. The molecule has 0 saturated carbocycles. The summed E-state index contributed by atoms with van der Waals surface area (Å²) in [5.74, 6) is 1.78. The Kier molecular flexibility index (Phi) is 6.25. The molecule has 0 fully saturated rings. The van der Waals surface area contributed by atoms with Gasteiger partial charge in [0.25, 0.3) is 0 Å². The van der Waals surface area contributed by atoms with Crippen LogP contribution < -0.4 is 19.5 Å². The van der Waals surface area contributed by atoms with E-state index in [1.807, 2.05) is 36.4 Å². The molecule has 2 aromatic rings. The van der Waals surface area contributed by atoms with Gasteiger partial charge < -0.3 is 19.5 Å². The highest BCUT2D eigenvalue weighted by Gasteiger charge is 2.12. The van der Waals surface area contributed by atoms with Crippen LogP contribution >= 0.6 is 0 Å². The van der Waals surface area contributed by atoms with E-state index in [9.17, 15) is 4.79 Å². The minimum atomic E-state index is 0.567. The second-order valence-electron chi connectivity index (χ2n) is 5.00. The summed E-state index contributed by atoms with van der Waals surface area (Å²) in [7, 11) is 4.76. The minimum absolute atomic E-state index is 0.567. The monoisotopic (exact) mass is 327 g/mol. The van der Waals surface area contributed by atoms with Crippen LogP contribution in [-0.4, -0.2) is 27.6 Å². The summed E-state index contributed by atoms with van der Waals surface area (Å²) < 4.78 is 16.0. The molecule has 1 N–H and O–H groups in total. The number of benzene rings is 2. The van der Waals surface area contributed by atoms with Crippen molar-refractivity contribution in [1.29, 1.82) is 0 Å². The maximum atomic E-state index is 10.3. The zero-order chi connectivity index (χ0) is 17.4. The number of methoxy groups -OCH3 is 3. The Bertz CT molecular complexity index is 683. The molecule has 0 spiro atoms. The number of aldehydes is 1. The number of hydrogen-bond donors (Lipinski definition) is 1. The standard InChI is InChI=1S/C19H21NO4/c1-22-17-11-16(12-18(23-2)19(17)24-3)20-13-15-8-6-14(7-9-15)5-4-10-21/h4-12,20H,13H2,1-3H3/b5-4+. The molecule has 0 bridgehead atoms. The fourth-order valence-electron chi connectivity index (χ4n) is 2.28. The first-order chi connectivity index (χ1) is 11.7. The maximum absolute atomic E-state index is 10.3. The molecule has 5 nitrogen and oxygen atoms in total. The molecule has 0 aromatic heterocycles. The number of carbonyl (C=O) groups is 1. The average Bonchev–Trinajstić information content (AvgIpc) is 2.64. The first-order valence-corrected chi connectivity index (χ1v) is 7.46. The summed E-state index contributed by atoms with van der Waals surface area (Å²) >= 11 is 0. The first-order valence-electron chi connectivity index (χ1n) is 7.46. The lowest BCUT2D eigenvalue weighted by atomic mass is 10.1. The van der Waals surface area contributed by atoms with Crippen LogP contribution in [0.2, 0.25) is 0 Å². The third-order valence-electron chi connectivity index (χ3n) is 3.51. The number of rotatable bonds is 8. The molecule has 2 rings (SSSR count). The number of carbonyl (C=O) groups excluding carboxylic acids is 1. The van der Waals surface area contributed by atoms with Gasteiger partial charge in [-0.1, -0.05) is 30.3 Å². The van der Waals surface area contributed by atoms with E-state index in [1.54, 1.807) is 27.4 Å². The van der Waals surface area contributed by atoms with Gasteiger partial charge in [0.2, 0.25) is 5.75 Å². The van der Waals surface area contributed by atoms with Crippen molar-refractivity contribution in [3.05, 3.63) is 53.6 Å². The lowest BCUT2D eigenvalue weighted by molar-refractivity contribution is -0.104. The Morgan fingerprint density at radius 2 is 1.58 bits per heavy atom. The van der Waals surface area contributed by atoms with E-state index in [0.717, 1.165) is 23.1 Å². The van der Waals surface area contributed by atoms with Gasteiger partial charge in [0, 0.05) is 24.4 Å². The third-order valence-corrected chi connectivity index (χ3v) is 3.51. The molecular weight excluding hydrogens is 306 g/mol. The Hall–Kier alpha value is -2.95. The highest BCUT2D eigenvalue weighted by molar-refractivity contribution is 5.73. The highest BCUT2D eigenvalue weighted by atomic mass is 16.5. The van der Waals surface area contributed by atoms with Crippen LogP contribution in [0, 0.1) is 0 Å². The van der Waals surface area contributed by atoms with Crippen LogP contribution in [0.15, 0.2) is 42.5 Å². The van der Waals surface area contributed by atoms with Gasteiger partial charge in [-0.2, -0.15) is 0 Å². The van der Waals surface area contributed by atoms with Gasteiger partial charge in [0.1, 0.15) is 6.29 Å². The van der Waals surface area contributed by atoms with Crippen LogP contribution in [0.5, 0.6) is 17.2 Å². The van der Waals surface area contributed by atoms with Crippen molar-refractivity contribution in [3.63, 3.8) is 0 Å². The number of allylic oxidation sites excluding steroid dienone is 1. The van der Waals surface area contributed by atoms with Crippen molar-refractivity contribution in [3.8, 4) is 17.2 Å². The van der Waals surface area contributed by atoms with Crippen LogP contribution in [-0.2, 0) is 11.3 Å². The zero-order valence-corrected chi connectivity index (χ0v) is 14.0. The normalized spacial score (nSPS) is 10.5. The molecule has 0 radical (unpaired) electrons. The molecule has 0 unspecified atom stereocenters. The Morgan fingerprint density at radius 3 is 2.08 bits per heavy atom. The van der Waals surface area contributed by atoms with Crippen molar-refractivity contribution in [2.24, 2.45) is 0 Å². The van der Waals surface area contributed by atoms with E-state index < -0.39 is 0 Å². The second-order valence-corrected chi connectivity index (χ2v) is 5.00. The van der Waals surface area contributed by atoms with Crippen LogP contribution in [0.3, 0.4) is 0 Å². The van der Waals surface area contributed by atoms with Gasteiger partial charge in [-0.05, 0) is 17.2 Å². The van der Waals surface area contributed by atoms with Crippen molar-refractivity contribution in [2.45, 2.75) is 6.54 Å². The highest BCUT2D eigenvalue weighted by Crippen LogP contribution is 2.39. The number of anilines is 1. The predicted octanol–water partition coefficient (Wildman–Crippen LogP) is 3.54. The molecule has 24 heavy (non-hydrogen) atoms. The maximum Gasteiger partial charge on any atom is 0.203 e. The molecule has 0 amide bonds. The van der Waals surface area contributed by atoms with Crippen molar-refractivity contribution in [2.75, 3.05) is 26.6 Å². The lowest BCUT2D eigenvalue weighted by Gasteiger charge is -2.15. The average molecular weight is 327 g/mol. The van der Waals surface area contributed by atoms with Crippen LogP contribution in [0.4, 0.5) is 5.69 Å².